The molecule has 1 heteroatoms. The summed E-state index contributed by atoms with van der Waals surface area (Å²) in [6, 6.07) is 0. The SMILES string of the molecule is CC(C)(C)[CH2][Zr]([CH2]C(C)(C)C)[CH2]C(C)(C)C.C[C]1C(C)=C(C)C(C)=C1C. The second kappa shape index (κ2) is 9.72. The minimum Gasteiger partial charge on any atom is -0.0589 e. The van der Waals surface area contributed by atoms with E-state index in [0.29, 0.717) is 16.2 Å². The largest absolute Gasteiger partial charge is 0.0589 e. The second-order valence-corrected chi connectivity index (χ2v) is 18.4. The third kappa shape index (κ3) is 10.6. The van der Waals surface area contributed by atoms with Crippen molar-refractivity contribution in [3.05, 3.63) is 28.2 Å². The van der Waals surface area contributed by atoms with E-state index >= 15 is 0 Å². The molecule has 0 fully saturated rings. The summed E-state index contributed by atoms with van der Waals surface area (Å²) in [6.07, 6.45) is 0. The van der Waals surface area contributed by atoms with E-state index < -0.39 is 21.8 Å². The van der Waals surface area contributed by atoms with E-state index in [1.54, 1.807) is 12.4 Å². The molecule has 0 N–H and O–H groups in total. The molecule has 0 spiro atoms. The first-order chi connectivity index (χ1) is 11.3. The monoisotopic (exact) mass is 438 g/mol. The molecule has 1 aliphatic carbocycles. The maximum atomic E-state index is 2.42. The van der Waals surface area contributed by atoms with E-state index in [1.165, 1.54) is 28.2 Å². The van der Waals surface area contributed by atoms with Gasteiger partial charge in [-0.1, -0.05) is 18.1 Å². The van der Waals surface area contributed by atoms with Crippen LogP contribution in [0.15, 0.2) is 22.3 Å². The number of allylic oxidation sites excluding steroid dienone is 4. The molecule has 0 saturated carbocycles. The Morgan fingerprint density at radius 1 is 0.462 bits per heavy atom. The topological polar surface area (TPSA) is 0 Å². The molecule has 26 heavy (non-hydrogen) atoms. The minimum atomic E-state index is -1.22. The van der Waals surface area contributed by atoms with Gasteiger partial charge >= 0.3 is 113 Å². The number of rotatable bonds is 3. The Balaban J connectivity index is 0.000000531. The maximum absolute atomic E-state index is 2.42. The van der Waals surface area contributed by atoms with Crippen LogP contribution in [0, 0.1) is 22.2 Å². The van der Waals surface area contributed by atoms with Gasteiger partial charge in [0.1, 0.15) is 0 Å². The summed E-state index contributed by atoms with van der Waals surface area (Å²) in [4.78, 5) is 0. The van der Waals surface area contributed by atoms with Gasteiger partial charge in [0.15, 0.2) is 0 Å². The van der Waals surface area contributed by atoms with Gasteiger partial charge in [0.2, 0.25) is 0 Å². The first-order valence-corrected chi connectivity index (χ1v) is 15.6. The first kappa shape index (κ1) is 26.4. The van der Waals surface area contributed by atoms with E-state index in [-0.39, 0.29) is 0 Å². The third-order valence-electron chi connectivity index (χ3n) is 5.15. The molecule has 0 amide bonds. The maximum Gasteiger partial charge on any atom is 0.0226 e. The Morgan fingerprint density at radius 3 is 0.808 bits per heavy atom. The molecule has 0 aromatic heterocycles. The van der Waals surface area contributed by atoms with Gasteiger partial charge in [0.25, 0.3) is 0 Å². The summed E-state index contributed by atoms with van der Waals surface area (Å²) >= 11 is -1.22. The fourth-order valence-corrected chi connectivity index (χ4v) is 15.8. The zero-order valence-corrected chi connectivity index (χ0v) is 23.1. The van der Waals surface area contributed by atoms with Crippen molar-refractivity contribution in [2.24, 2.45) is 16.2 Å². The molecule has 152 valence electrons. The Hall–Kier alpha value is 0.363. The normalized spacial score (nSPS) is 16.8. The van der Waals surface area contributed by atoms with Gasteiger partial charge in [-0.2, -0.15) is 0 Å². The number of hydrogen-bond acceptors (Lipinski definition) is 0. The van der Waals surface area contributed by atoms with Gasteiger partial charge in [-0.15, -0.1) is 0 Å². The second-order valence-electron chi connectivity index (χ2n) is 12.1. The Labute approximate surface area is 175 Å². The summed E-state index contributed by atoms with van der Waals surface area (Å²) in [5, 5.41) is 0. The molecule has 1 aliphatic rings. The van der Waals surface area contributed by atoms with Crippen LogP contribution >= 0.6 is 0 Å². The Morgan fingerprint density at radius 2 is 0.692 bits per heavy atom. The van der Waals surface area contributed by atoms with Crippen LogP contribution in [0.3, 0.4) is 0 Å². The van der Waals surface area contributed by atoms with Crippen LogP contribution in [-0.2, 0) is 21.8 Å². The van der Waals surface area contributed by atoms with E-state index in [9.17, 15) is 0 Å². The summed E-state index contributed by atoms with van der Waals surface area (Å²) in [5.74, 6) is 1.47. The fourth-order valence-electron chi connectivity index (χ4n) is 3.84. The van der Waals surface area contributed by atoms with E-state index in [1.807, 2.05) is 0 Å². The summed E-state index contributed by atoms with van der Waals surface area (Å²) in [6.45, 7) is 32.7. The van der Waals surface area contributed by atoms with Crippen molar-refractivity contribution in [1.82, 2.24) is 0 Å². The van der Waals surface area contributed by atoms with Gasteiger partial charge in [-0.05, 0) is 38.8 Å². The summed E-state index contributed by atoms with van der Waals surface area (Å²) < 4.78 is 4.64. The quantitative estimate of drug-likeness (QED) is 0.411. The van der Waals surface area contributed by atoms with Crippen LogP contribution in [-0.4, -0.2) is 0 Å². The zero-order valence-electron chi connectivity index (χ0n) is 20.6. The van der Waals surface area contributed by atoms with E-state index in [4.69, 9.17) is 0 Å². The minimum absolute atomic E-state index is 0.547. The molecule has 0 saturated heterocycles. The van der Waals surface area contributed by atoms with Crippen molar-refractivity contribution in [3.63, 3.8) is 0 Å². The van der Waals surface area contributed by atoms with Crippen molar-refractivity contribution in [2.75, 3.05) is 0 Å². The standard InChI is InChI=1S/C10H15.3C5H11.Zr/c1-6-7(2)9(4)10(5)8(6)3;3*1-5(2,3)4;/h1-5H3;3*1H2,2-4H3;. The molecule has 0 unspecified atom stereocenters. The van der Waals surface area contributed by atoms with Crippen molar-refractivity contribution >= 4 is 0 Å². The van der Waals surface area contributed by atoms with Gasteiger partial charge in [-0.25, -0.2) is 0 Å². The summed E-state index contributed by atoms with van der Waals surface area (Å²) in [5.41, 5.74) is 7.51. The Bertz CT molecular complexity index is 450. The van der Waals surface area contributed by atoms with Crippen LogP contribution in [0.5, 0.6) is 0 Å². The van der Waals surface area contributed by atoms with Crippen molar-refractivity contribution in [3.8, 4) is 0 Å². The van der Waals surface area contributed by atoms with Crippen LogP contribution in [0.4, 0.5) is 0 Å². The van der Waals surface area contributed by atoms with Gasteiger partial charge < -0.3 is 0 Å². The third-order valence-corrected chi connectivity index (χ3v) is 16.7. The molecule has 0 aromatic rings. The average molecular weight is 440 g/mol. The molecular weight excluding hydrogens is 391 g/mol. The van der Waals surface area contributed by atoms with Crippen molar-refractivity contribution < 1.29 is 21.8 Å². The van der Waals surface area contributed by atoms with Gasteiger partial charge in [-0.3, -0.25) is 0 Å². The molecule has 0 bridgehead atoms. The molecule has 0 atom stereocenters. The molecule has 0 aliphatic heterocycles. The van der Waals surface area contributed by atoms with Crippen LogP contribution in [0.2, 0.25) is 12.4 Å². The first-order valence-electron chi connectivity index (χ1n) is 10.4. The molecular formula is C25H48Zr. The smallest absolute Gasteiger partial charge is 0.0226 e. The van der Waals surface area contributed by atoms with E-state index in [2.05, 4.69) is 96.9 Å². The van der Waals surface area contributed by atoms with Crippen LogP contribution in [0.25, 0.3) is 0 Å². The summed E-state index contributed by atoms with van der Waals surface area (Å²) in [7, 11) is 0. The van der Waals surface area contributed by atoms with Crippen LogP contribution in [0.1, 0.15) is 96.9 Å². The van der Waals surface area contributed by atoms with E-state index in [0.717, 1.165) is 0 Å². The zero-order chi connectivity index (χ0) is 21.1. The van der Waals surface area contributed by atoms with Gasteiger partial charge in [0.05, 0.1) is 0 Å². The predicted molar refractivity (Wildman–Crippen MR) is 118 cm³/mol. The average Bonchev–Trinajstić information content (AvgIpc) is 2.51. The fraction of sp³-hybridized carbons (Fsp3) is 0.800. The number of hydrogen-bond donors (Lipinski definition) is 0. The Kier molecular flexibility index (Phi) is 9.85. The molecule has 0 nitrogen and oxygen atoms in total. The molecule has 0 heterocycles. The van der Waals surface area contributed by atoms with Crippen LogP contribution < -0.4 is 0 Å². The van der Waals surface area contributed by atoms with Gasteiger partial charge in [0, 0.05) is 5.92 Å². The molecule has 0 aromatic carbocycles. The predicted octanol–water partition coefficient (Wildman–Crippen LogP) is 9.26. The molecule has 1 radical (unpaired) electrons. The van der Waals surface area contributed by atoms with Crippen molar-refractivity contribution in [2.45, 2.75) is 109 Å². The van der Waals surface area contributed by atoms with Crippen molar-refractivity contribution in [1.29, 1.82) is 0 Å². The molecule has 1 rings (SSSR count).